The van der Waals surface area contributed by atoms with Crippen LogP contribution in [0.4, 0.5) is 4.79 Å². The van der Waals surface area contributed by atoms with Gasteiger partial charge in [0.2, 0.25) is 11.8 Å². The lowest BCUT2D eigenvalue weighted by Crippen LogP contribution is -2.56. The molecule has 7 rings (SSSR count). The fourth-order valence-corrected chi connectivity index (χ4v) is 7.74. The zero-order chi connectivity index (χ0) is 38.9. The van der Waals surface area contributed by atoms with Gasteiger partial charge in [-0.2, -0.15) is 15.0 Å². The standard InChI is InChI=1S/C42H48N6O7/c1-41(2,3)55-40(53)43-33-18-9-7-5-6-8-15-28-24-42(28,39(51)52)44-37(49)34-23-29(25-47(34)38(33)50)48-45-35(27-19-21-30(54-4)22-20-27)36(46-48)32-17-12-14-26-13-10-11-16-31(26)32/h8,10-17,19-22,28-29,33-34H,5-7,9,18,23-25H2,1-4H3,(H,43,53)(H,44,49)(H,51,52)/b15-8-/t28-,29-,33-,34-,42+/m0/s1. The SMILES string of the molecule is COc1ccc(-c2nn([C@H]3C[C@H]4C(=O)N[C@]5(C(=O)O)C[C@@H]5/C=C\CCCCC[C@H](NC(=O)OC(C)(C)C)C(=O)N4C3)nc2-c2cccc3ccccc23)cc1. The summed E-state index contributed by atoms with van der Waals surface area (Å²) in [7, 11) is 1.60. The molecule has 1 aliphatic carbocycles. The first kappa shape index (κ1) is 37.6. The fourth-order valence-electron chi connectivity index (χ4n) is 7.74. The first-order chi connectivity index (χ1) is 26.4. The van der Waals surface area contributed by atoms with E-state index in [0.29, 0.717) is 30.0 Å². The number of ether oxygens (including phenoxy) is 2. The Balaban J connectivity index is 1.28. The number of carboxylic acid groups (broad SMARTS) is 1. The number of aliphatic carboxylic acids is 1. The van der Waals surface area contributed by atoms with E-state index in [1.165, 1.54) is 4.90 Å². The van der Waals surface area contributed by atoms with Crippen molar-refractivity contribution in [3.05, 3.63) is 78.9 Å². The van der Waals surface area contributed by atoms with E-state index in [2.05, 4.69) is 10.6 Å². The number of fused-ring (bicyclic) bond motifs is 3. The summed E-state index contributed by atoms with van der Waals surface area (Å²) < 4.78 is 10.9. The Morgan fingerprint density at radius 2 is 1.71 bits per heavy atom. The molecule has 0 radical (unpaired) electrons. The second-order valence-corrected chi connectivity index (χ2v) is 15.7. The van der Waals surface area contributed by atoms with Crippen LogP contribution in [-0.4, -0.2) is 85.8 Å². The second kappa shape index (κ2) is 15.2. The van der Waals surface area contributed by atoms with E-state index in [9.17, 15) is 24.3 Å². The molecule has 2 aliphatic heterocycles. The summed E-state index contributed by atoms with van der Waals surface area (Å²) in [5.41, 5.74) is 0.665. The third-order valence-electron chi connectivity index (χ3n) is 10.7. The van der Waals surface area contributed by atoms with Gasteiger partial charge in [-0.1, -0.05) is 67.5 Å². The van der Waals surface area contributed by atoms with Crippen LogP contribution in [0.15, 0.2) is 78.9 Å². The van der Waals surface area contributed by atoms with Crippen LogP contribution < -0.4 is 15.4 Å². The van der Waals surface area contributed by atoms with E-state index in [4.69, 9.17) is 19.7 Å². The van der Waals surface area contributed by atoms with Crippen LogP contribution in [-0.2, 0) is 19.1 Å². The van der Waals surface area contributed by atoms with Crippen LogP contribution in [0.2, 0.25) is 0 Å². The Hall–Kier alpha value is -5.72. The number of carbonyl (C=O) groups is 4. The van der Waals surface area contributed by atoms with E-state index in [-0.39, 0.29) is 25.3 Å². The molecule has 3 N–H and O–H groups in total. The summed E-state index contributed by atoms with van der Waals surface area (Å²) in [6.45, 7) is 5.30. The number of carboxylic acids is 1. The summed E-state index contributed by atoms with van der Waals surface area (Å²) >= 11 is 0. The monoisotopic (exact) mass is 748 g/mol. The van der Waals surface area contributed by atoms with Crippen molar-refractivity contribution in [2.24, 2.45) is 5.92 Å². The highest BCUT2D eigenvalue weighted by Crippen LogP contribution is 2.46. The molecule has 13 heteroatoms. The molecule has 5 atom stereocenters. The van der Waals surface area contributed by atoms with Crippen LogP contribution in [0.3, 0.4) is 0 Å². The number of allylic oxidation sites excluding steroid dienone is 1. The van der Waals surface area contributed by atoms with Crippen molar-refractivity contribution in [1.82, 2.24) is 30.5 Å². The number of amides is 3. The van der Waals surface area contributed by atoms with E-state index in [0.717, 1.165) is 41.2 Å². The van der Waals surface area contributed by atoms with Gasteiger partial charge in [0, 0.05) is 30.0 Å². The molecule has 1 saturated carbocycles. The van der Waals surface area contributed by atoms with Gasteiger partial charge in [-0.25, -0.2) is 9.59 Å². The quantitative estimate of drug-likeness (QED) is 0.192. The molecule has 0 spiro atoms. The number of aromatic nitrogens is 3. The Labute approximate surface area is 320 Å². The molecule has 3 aliphatic rings. The summed E-state index contributed by atoms with van der Waals surface area (Å²) in [4.78, 5) is 57.6. The smallest absolute Gasteiger partial charge is 0.408 e. The predicted octanol–water partition coefficient (Wildman–Crippen LogP) is 6.29. The van der Waals surface area contributed by atoms with Crippen molar-refractivity contribution in [2.75, 3.05) is 13.7 Å². The molecule has 1 aromatic heterocycles. The van der Waals surface area contributed by atoms with Gasteiger partial charge in [-0.05, 0) is 81.5 Å². The Kier molecular flexibility index (Phi) is 10.4. The maximum atomic E-state index is 14.6. The highest BCUT2D eigenvalue weighted by atomic mass is 16.6. The number of methoxy groups -OCH3 is 1. The van der Waals surface area contributed by atoms with Gasteiger partial charge < -0.3 is 30.1 Å². The Morgan fingerprint density at radius 3 is 2.45 bits per heavy atom. The van der Waals surface area contributed by atoms with Gasteiger partial charge in [-0.3, -0.25) is 9.59 Å². The van der Waals surface area contributed by atoms with Gasteiger partial charge in [0.05, 0.1) is 13.2 Å². The van der Waals surface area contributed by atoms with Gasteiger partial charge in [0.1, 0.15) is 40.4 Å². The Morgan fingerprint density at radius 1 is 0.964 bits per heavy atom. The number of hydrogen-bond donors (Lipinski definition) is 3. The maximum absolute atomic E-state index is 14.6. The van der Waals surface area contributed by atoms with Gasteiger partial charge in [-0.15, -0.1) is 0 Å². The lowest BCUT2D eigenvalue weighted by Gasteiger charge is -2.30. The summed E-state index contributed by atoms with van der Waals surface area (Å²) in [6.07, 6.45) is 6.86. The number of rotatable bonds is 6. The van der Waals surface area contributed by atoms with Crippen LogP contribution in [0.5, 0.6) is 5.75 Å². The molecular formula is C42H48N6O7. The van der Waals surface area contributed by atoms with Crippen molar-refractivity contribution in [3.8, 4) is 28.3 Å². The lowest BCUT2D eigenvalue weighted by molar-refractivity contribution is -0.145. The molecule has 4 aromatic rings. The van der Waals surface area contributed by atoms with Crippen LogP contribution in [0.25, 0.3) is 33.3 Å². The highest BCUT2D eigenvalue weighted by molar-refractivity contribution is 5.99. The van der Waals surface area contributed by atoms with Crippen molar-refractivity contribution in [3.63, 3.8) is 0 Å². The zero-order valence-electron chi connectivity index (χ0n) is 31.7. The number of hydrogen-bond acceptors (Lipinski definition) is 8. The minimum Gasteiger partial charge on any atom is -0.497 e. The summed E-state index contributed by atoms with van der Waals surface area (Å²) in [5.74, 6) is -1.80. The maximum Gasteiger partial charge on any atom is 0.408 e. The molecule has 13 nitrogen and oxygen atoms in total. The van der Waals surface area contributed by atoms with Crippen LogP contribution in [0.1, 0.15) is 71.8 Å². The van der Waals surface area contributed by atoms with Crippen molar-refractivity contribution in [1.29, 1.82) is 0 Å². The third-order valence-corrected chi connectivity index (χ3v) is 10.7. The van der Waals surface area contributed by atoms with E-state index in [1.807, 2.05) is 78.9 Å². The molecule has 3 heterocycles. The van der Waals surface area contributed by atoms with Crippen molar-refractivity contribution >= 4 is 34.6 Å². The molecule has 3 amide bonds. The molecule has 0 bridgehead atoms. The topological polar surface area (TPSA) is 165 Å². The molecule has 288 valence electrons. The average Bonchev–Trinajstić information content (AvgIpc) is 3.45. The molecule has 1 saturated heterocycles. The molecular weight excluding hydrogens is 700 g/mol. The van der Waals surface area contributed by atoms with E-state index < -0.39 is 53.1 Å². The minimum absolute atomic E-state index is 0.0541. The average molecular weight is 749 g/mol. The third kappa shape index (κ3) is 7.92. The molecule has 0 unspecified atom stereocenters. The zero-order valence-corrected chi connectivity index (χ0v) is 31.7. The Bertz CT molecular complexity index is 2120. The second-order valence-electron chi connectivity index (χ2n) is 15.7. The van der Waals surface area contributed by atoms with Crippen LogP contribution in [0, 0.1) is 5.92 Å². The van der Waals surface area contributed by atoms with E-state index in [1.54, 1.807) is 32.7 Å². The number of nitrogens with one attached hydrogen (secondary N) is 2. The molecule has 55 heavy (non-hydrogen) atoms. The van der Waals surface area contributed by atoms with Crippen LogP contribution >= 0.6 is 0 Å². The fraction of sp³-hybridized carbons (Fsp3) is 0.429. The number of benzene rings is 3. The molecule has 3 aromatic carbocycles. The first-order valence-electron chi connectivity index (χ1n) is 19.0. The lowest BCUT2D eigenvalue weighted by atomic mass is 9.99. The number of nitrogens with zero attached hydrogens (tertiary/aromatic N) is 4. The first-order valence-corrected chi connectivity index (χ1v) is 19.0. The predicted molar refractivity (Wildman–Crippen MR) is 206 cm³/mol. The van der Waals surface area contributed by atoms with Crippen molar-refractivity contribution in [2.45, 2.75) is 95.0 Å². The number of carbonyl (C=O) groups excluding carboxylic acids is 3. The highest BCUT2D eigenvalue weighted by Gasteiger charge is 2.61. The largest absolute Gasteiger partial charge is 0.497 e. The number of alkyl carbamates (subject to hydrolysis) is 1. The van der Waals surface area contributed by atoms with Gasteiger partial charge >= 0.3 is 12.1 Å². The normalized spacial score (nSPS) is 25.1. The van der Waals surface area contributed by atoms with Crippen molar-refractivity contribution < 1.29 is 33.8 Å². The van der Waals surface area contributed by atoms with Gasteiger partial charge in [0.25, 0.3) is 0 Å². The summed E-state index contributed by atoms with van der Waals surface area (Å²) in [5, 5.41) is 28.0. The van der Waals surface area contributed by atoms with Gasteiger partial charge in [0.15, 0.2) is 0 Å². The summed E-state index contributed by atoms with van der Waals surface area (Å²) in [6, 6.07) is 19.0. The minimum atomic E-state index is -1.46. The van der Waals surface area contributed by atoms with E-state index >= 15 is 0 Å². The molecule has 2 fully saturated rings.